The first kappa shape index (κ1) is 11.7. The largest absolute Gasteiger partial charge is 0.478 e. The molecule has 0 saturated carbocycles. The van der Waals surface area contributed by atoms with Gasteiger partial charge in [0, 0.05) is 12.0 Å². The topological polar surface area (TPSA) is 54.4 Å². The van der Waals surface area contributed by atoms with Crippen molar-refractivity contribution >= 4 is 11.8 Å². The van der Waals surface area contributed by atoms with Crippen LogP contribution >= 0.6 is 0 Å². The normalized spacial score (nSPS) is 13.4. The number of carbonyl (C=O) groups is 2. The van der Waals surface area contributed by atoms with E-state index >= 15 is 0 Å². The lowest BCUT2D eigenvalue weighted by molar-refractivity contribution is 0.0696. The summed E-state index contributed by atoms with van der Waals surface area (Å²) in [6.45, 7) is 0. The number of Topliss-reactive ketones (excluding diaryl/α,β-unsaturated/α-hetero) is 1. The Morgan fingerprint density at radius 3 is 2.32 bits per heavy atom. The summed E-state index contributed by atoms with van der Waals surface area (Å²) < 4.78 is 0. The third-order valence-corrected chi connectivity index (χ3v) is 3.52. The van der Waals surface area contributed by atoms with Gasteiger partial charge in [0.2, 0.25) is 0 Å². The summed E-state index contributed by atoms with van der Waals surface area (Å²) in [6, 6.07) is 12.5. The zero-order chi connectivity index (χ0) is 13.4. The highest BCUT2D eigenvalue weighted by molar-refractivity contribution is 6.02. The van der Waals surface area contributed by atoms with E-state index in [0.717, 1.165) is 28.7 Å². The molecule has 0 aliphatic heterocycles. The Balaban J connectivity index is 2.08. The van der Waals surface area contributed by atoms with Gasteiger partial charge in [0.05, 0.1) is 5.56 Å². The van der Waals surface area contributed by atoms with Crippen LogP contribution in [0.25, 0.3) is 11.1 Å². The maximum absolute atomic E-state index is 11.7. The smallest absolute Gasteiger partial charge is 0.335 e. The average Bonchev–Trinajstić information content (AvgIpc) is 2.81. The zero-order valence-electron chi connectivity index (χ0n) is 10.2. The Bertz CT molecular complexity index is 669. The molecule has 0 fully saturated rings. The molecular formula is C16H12O3. The molecule has 0 saturated heterocycles. The van der Waals surface area contributed by atoms with Gasteiger partial charge in [-0.2, -0.15) is 0 Å². The van der Waals surface area contributed by atoms with E-state index in [0.29, 0.717) is 6.42 Å². The molecule has 0 spiro atoms. The van der Waals surface area contributed by atoms with Gasteiger partial charge in [-0.15, -0.1) is 0 Å². The summed E-state index contributed by atoms with van der Waals surface area (Å²) in [5.41, 5.74) is 4.14. The van der Waals surface area contributed by atoms with Crippen LogP contribution in [0.15, 0.2) is 42.5 Å². The van der Waals surface area contributed by atoms with Crippen molar-refractivity contribution in [2.75, 3.05) is 0 Å². The van der Waals surface area contributed by atoms with Crippen LogP contribution in [-0.2, 0) is 6.42 Å². The minimum Gasteiger partial charge on any atom is -0.478 e. The fourth-order valence-corrected chi connectivity index (χ4v) is 2.55. The van der Waals surface area contributed by atoms with Crippen molar-refractivity contribution in [2.24, 2.45) is 0 Å². The van der Waals surface area contributed by atoms with Crippen LogP contribution < -0.4 is 0 Å². The van der Waals surface area contributed by atoms with Gasteiger partial charge in [-0.05, 0) is 35.2 Å². The fraction of sp³-hybridized carbons (Fsp3) is 0.125. The minimum atomic E-state index is -0.931. The highest BCUT2D eigenvalue weighted by Gasteiger charge is 2.22. The monoisotopic (exact) mass is 252 g/mol. The van der Waals surface area contributed by atoms with Crippen molar-refractivity contribution in [2.45, 2.75) is 12.8 Å². The third-order valence-electron chi connectivity index (χ3n) is 3.52. The molecule has 0 heterocycles. The van der Waals surface area contributed by atoms with Crippen molar-refractivity contribution in [3.05, 3.63) is 59.2 Å². The summed E-state index contributed by atoms with van der Waals surface area (Å²) in [5, 5.41) is 8.89. The predicted octanol–water partition coefficient (Wildman–Crippen LogP) is 3.18. The number of hydrogen-bond acceptors (Lipinski definition) is 2. The van der Waals surface area contributed by atoms with Gasteiger partial charge in [-0.3, -0.25) is 4.79 Å². The maximum Gasteiger partial charge on any atom is 0.335 e. The molecule has 0 unspecified atom stereocenters. The molecule has 0 amide bonds. The number of hydrogen-bond donors (Lipinski definition) is 1. The average molecular weight is 252 g/mol. The Labute approximate surface area is 110 Å². The molecule has 0 bridgehead atoms. The van der Waals surface area contributed by atoms with Gasteiger partial charge in [0.25, 0.3) is 0 Å². The van der Waals surface area contributed by atoms with Gasteiger partial charge in [0.15, 0.2) is 5.78 Å². The van der Waals surface area contributed by atoms with Crippen LogP contribution in [0.1, 0.15) is 32.7 Å². The van der Waals surface area contributed by atoms with E-state index in [-0.39, 0.29) is 11.3 Å². The van der Waals surface area contributed by atoms with Crippen molar-refractivity contribution in [3.8, 4) is 11.1 Å². The zero-order valence-corrected chi connectivity index (χ0v) is 10.2. The number of carboxylic acids is 1. The summed E-state index contributed by atoms with van der Waals surface area (Å²) in [6.07, 6.45) is 1.34. The second kappa shape index (κ2) is 4.35. The fourth-order valence-electron chi connectivity index (χ4n) is 2.55. The quantitative estimate of drug-likeness (QED) is 0.893. The van der Waals surface area contributed by atoms with E-state index in [1.165, 1.54) is 0 Å². The second-order valence-electron chi connectivity index (χ2n) is 4.64. The van der Waals surface area contributed by atoms with Crippen LogP contribution in [0.5, 0.6) is 0 Å². The molecule has 0 radical (unpaired) electrons. The van der Waals surface area contributed by atoms with Crippen LogP contribution in [0.4, 0.5) is 0 Å². The standard InChI is InChI=1S/C16H12O3/c17-15-9-8-13-12(2-1-3-14(13)15)10-4-6-11(7-5-10)16(18)19/h1-7H,8-9H2,(H,18,19). The van der Waals surface area contributed by atoms with Crippen LogP contribution in [0, 0.1) is 0 Å². The molecule has 3 nitrogen and oxygen atoms in total. The Morgan fingerprint density at radius 2 is 1.63 bits per heavy atom. The SMILES string of the molecule is O=C(O)c1ccc(-c2cccc3c2CCC3=O)cc1. The molecule has 1 aliphatic carbocycles. The lowest BCUT2D eigenvalue weighted by Crippen LogP contribution is -1.96. The highest BCUT2D eigenvalue weighted by Crippen LogP contribution is 2.32. The van der Waals surface area contributed by atoms with E-state index in [4.69, 9.17) is 5.11 Å². The number of rotatable bonds is 2. The molecule has 19 heavy (non-hydrogen) atoms. The number of carboxylic acid groups (broad SMARTS) is 1. The molecule has 3 heteroatoms. The molecule has 1 N–H and O–H groups in total. The van der Waals surface area contributed by atoms with Crippen LogP contribution in [0.3, 0.4) is 0 Å². The molecule has 3 rings (SSSR count). The maximum atomic E-state index is 11.7. The van der Waals surface area contributed by atoms with Gasteiger partial charge < -0.3 is 5.11 Å². The van der Waals surface area contributed by atoms with E-state index in [2.05, 4.69) is 0 Å². The predicted molar refractivity (Wildman–Crippen MR) is 71.5 cm³/mol. The van der Waals surface area contributed by atoms with Gasteiger partial charge >= 0.3 is 5.97 Å². The number of fused-ring (bicyclic) bond motifs is 1. The van der Waals surface area contributed by atoms with Crippen molar-refractivity contribution in [1.29, 1.82) is 0 Å². The Hall–Kier alpha value is -2.42. The van der Waals surface area contributed by atoms with Crippen molar-refractivity contribution in [3.63, 3.8) is 0 Å². The van der Waals surface area contributed by atoms with Crippen LogP contribution in [-0.4, -0.2) is 16.9 Å². The molecule has 2 aromatic rings. The van der Waals surface area contributed by atoms with Crippen molar-refractivity contribution in [1.82, 2.24) is 0 Å². The molecule has 2 aromatic carbocycles. The Kier molecular flexibility index (Phi) is 2.67. The molecule has 94 valence electrons. The number of benzene rings is 2. The van der Waals surface area contributed by atoms with E-state index in [1.54, 1.807) is 24.3 Å². The first-order chi connectivity index (χ1) is 9.16. The van der Waals surface area contributed by atoms with Gasteiger partial charge in [0.1, 0.15) is 0 Å². The lowest BCUT2D eigenvalue weighted by atomic mass is 9.96. The highest BCUT2D eigenvalue weighted by atomic mass is 16.4. The Morgan fingerprint density at radius 1 is 0.947 bits per heavy atom. The van der Waals surface area contributed by atoms with E-state index in [1.807, 2.05) is 18.2 Å². The number of carbonyl (C=O) groups excluding carboxylic acids is 1. The first-order valence-corrected chi connectivity index (χ1v) is 6.15. The molecule has 0 atom stereocenters. The number of ketones is 1. The summed E-state index contributed by atoms with van der Waals surface area (Å²) in [5.74, 6) is -0.737. The lowest BCUT2D eigenvalue weighted by Gasteiger charge is -2.08. The minimum absolute atomic E-state index is 0.194. The van der Waals surface area contributed by atoms with Gasteiger partial charge in [-0.1, -0.05) is 30.3 Å². The molecule has 0 aromatic heterocycles. The summed E-state index contributed by atoms with van der Waals surface area (Å²) in [4.78, 5) is 22.5. The van der Waals surface area contributed by atoms with Crippen molar-refractivity contribution < 1.29 is 14.7 Å². The van der Waals surface area contributed by atoms with Gasteiger partial charge in [-0.25, -0.2) is 4.79 Å². The summed E-state index contributed by atoms with van der Waals surface area (Å²) in [7, 11) is 0. The van der Waals surface area contributed by atoms with E-state index in [9.17, 15) is 9.59 Å². The first-order valence-electron chi connectivity index (χ1n) is 6.15. The molecule has 1 aliphatic rings. The second-order valence-corrected chi connectivity index (χ2v) is 4.64. The third kappa shape index (κ3) is 1.93. The molecular weight excluding hydrogens is 240 g/mol. The summed E-state index contributed by atoms with van der Waals surface area (Å²) >= 11 is 0. The van der Waals surface area contributed by atoms with Crippen LogP contribution in [0.2, 0.25) is 0 Å². The van der Waals surface area contributed by atoms with E-state index < -0.39 is 5.97 Å². The number of aromatic carboxylic acids is 1.